The molecule has 0 bridgehead atoms. The van der Waals surface area contributed by atoms with E-state index in [4.69, 9.17) is 5.11 Å². The van der Waals surface area contributed by atoms with E-state index in [1.807, 2.05) is 32.2 Å². The van der Waals surface area contributed by atoms with Gasteiger partial charge in [-0.3, -0.25) is 9.20 Å². The molecule has 0 radical (unpaired) electrons. The molecule has 0 saturated heterocycles. The molecule has 0 fully saturated rings. The number of imidazole rings is 1. The molecule has 0 spiro atoms. The van der Waals surface area contributed by atoms with Gasteiger partial charge in [-0.1, -0.05) is 13.0 Å². The van der Waals surface area contributed by atoms with E-state index in [1.54, 1.807) is 4.40 Å². The summed E-state index contributed by atoms with van der Waals surface area (Å²) in [6.45, 7) is 4.13. The van der Waals surface area contributed by atoms with E-state index in [9.17, 15) is 4.79 Å². The Labute approximate surface area is 105 Å². The van der Waals surface area contributed by atoms with Crippen LogP contribution in [0, 0.1) is 6.92 Å². The Morgan fingerprint density at radius 3 is 3.00 bits per heavy atom. The number of nitrogens with one attached hydrogen (secondary N) is 1. The van der Waals surface area contributed by atoms with Crippen LogP contribution in [0.2, 0.25) is 0 Å². The van der Waals surface area contributed by atoms with Crippen molar-refractivity contribution in [3.8, 4) is 0 Å². The largest absolute Gasteiger partial charge is 0.395 e. The van der Waals surface area contributed by atoms with Crippen molar-refractivity contribution in [1.29, 1.82) is 0 Å². The molecule has 0 saturated carbocycles. The molecule has 1 amide bonds. The molecule has 0 aromatic carbocycles. The molecule has 2 heterocycles. The highest BCUT2D eigenvalue weighted by Gasteiger charge is 2.18. The van der Waals surface area contributed by atoms with Gasteiger partial charge in [0, 0.05) is 12.7 Å². The van der Waals surface area contributed by atoms with Crippen LogP contribution in [0.4, 0.5) is 0 Å². The molecule has 0 aliphatic carbocycles. The third-order valence-electron chi connectivity index (χ3n) is 2.86. The molecular weight excluding hydrogens is 230 g/mol. The van der Waals surface area contributed by atoms with E-state index in [1.165, 1.54) is 0 Å². The molecular formula is C13H17N3O2. The molecule has 5 nitrogen and oxygen atoms in total. The lowest BCUT2D eigenvalue weighted by atomic mass is 10.2. The summed E-state index contributed by atoms with van der Waals surface area (Å²) in [6.07, 6.45) is 2.53. The number of carbonyl (C=O) groups is 1. The molecule has 18 heavy (non-hydrogen) atoms. The number of amides is 1. The number of carbonyl (C=O) groups excluding carboxylic acids is 1. The Kier molecular flexibility index (Phi) is 3.62. The predicted molar refractivity (Wildman–Crippen MR) is 68.7 cm³/mol. The number of hydrogen-bond donors (Lipinski definition) is 2. The van der Waals surface area contributed by atoms with E-state index in [-0.39, 0.29) is 19.1 Å². The van der Waals surface area contributed by atoms with Crippen molar-refractivity contribution in [1.82, 2.24) is 14.7 Å². The monoisotopic (exact) mass is 247 g/mol. The van der Waals surface area contributed by atoms with E-state index in [0.717, 1.165) is 16.9 Å². The Bertz CT molecular complexity index is 575. The molecule has 0 aliphatic rings. The zero-order valence-electron chi connectivity index (χ0n) is 10.6. The maximum atomic E-state index is 12.1. The second-order valence-electron chi connectivity index (χ2n) is 4.12. The summed E-state index contributed by atoms with van der Waals surface area (Å²) in [7, 11) is 0. The van der Waals surface area contributed by atoms with E-state index >= 15 is 0 Å². The second kappa shape index (κ2) is 5.18. The average Bonchev–Trinajstić information content (AvgIpc) is 2.76. The summed E-state index contributed by atoms with van der Waals surface area (Å²) < 4.78 is 1.81. The fourth-order valence-corrected chi connectivity index (χ4v) is 1.99. The number of hydrogen-bond acceptors (Lipinski definition) is 3. The van der Waals surface area contributed by atoms with Crippen LogP contribution in [0.1, 0.15) is 28.7 Å². The Hall–Kier alpha value is -1.88. The number of fused-ring (bicyclic) bond motifs is 1. The van der Waals surface area contributed by atoms with Gasteiger partial charge >= 0.3 is 0 Å². The molecule has 2 aromatic rings. The minimum atomic E-state index is -0.195. The number of nitrogens with zero attached hydrogens (tertiary/aromatic N) is 2. The van der Waals surface area contributed by atoms with Crippen molar-refractivity contribution < 1.29 is 9.90 Å². The number of rotatable bonds is 4. The van der Waals surface area contributed by atoms with Gasteiger partial charge in [0.25, 0.3) is 5.91 Å². The van der Waals surface area contributed by atoms with Gasteiger partial charge in [0.2, 0.25) is 0 Å². The molecule has 0 unspecified atom stereocenters. The summed E-state index contributed by atoms with van der Waals surface area (Å²) in [6, 6.07) is 3.86. The highest BCUT2D eigenvalue weighted by Crippen LogP contribution is 2.16. The van der Waals surface area contributed by atoms with Crippen LogP contribution in [0.25, 0.3) is 5.65 Å². The van der Waals surface area contributed by atoms with E-state index in [0.29, 0.717) is 12.1 Å². The van der Waals surface area contributed by atoms with Gasteiger partial charge in [-0.25, -0.2) is 4.98 Å². The van der Waals surface area contributed by atoms with E-state index < -0.39 is 0 Å². The van der Waals surface area contributed by atoms with Crippen molar-refractivity contribution in [2.75, 3.05) is 13.2 Å². The summed E-state index contributed by atoms with van der Waals surface area (Å²) in [5.41, 5.74) is 3.18. The van der Waals surface area contributed by atoms with Gasteiger partial charge < -0.3 is 10.4 Å². The summed E-state index contributed by atoms with van der Waals surface area (Å²) >= 11 is 0. The molecule has 96 valence electrons. The van der Waals surface area contributed by atoms with Gasteiger partial charge in [-0.2, -0.15) is 0 Å². The van der Waals surface area contributed by atoms with Crippen LogP contribution in [0.3, 0.4) is 0 Å². The lowest BCUT2D eigenvalue weighted by molar-refractivity contribution is 0.0938. The fourth-order valence-electron chi connectivity index (χ4n) is 1.99. The number of aliphatic hydroxyl groups excluding tert-OH is 1. The zero-order chi connectivity index (χ0) is 13.1. The van der Waals surface area contributed by atoms with Gasteiger partial charge in [0.05, 0.1) is 12.3 Å². The maximum Gasteiger partial charge on any atom is 0.270 e. The standard InChI is InChI=1S/C13H17N3O2/c1-3-10-11(13(18)14-6-8-17)16-7-4-5-9(2)12(16)15-10/h4-5,7,17H,3,6,8H2,1-2H3,(H,14,18). The Balaban J connectivity index is 2.53. The zero-order valence-corrected chi connectivity index (χ0v) is 10.6. The lowest BCUT2D eigenvalue weighted by Crippen LogP contribution is -2.28. The Morgan fingerprint density at radius 2 is 2.33 bits per heavy atom. The smallest absolute Gasteiger partial charge is 0.270 e. The minimum Gasteiger partial charge on any atom is -0.395 e. The van der Waals surface area contributed by atoms with Crippen LogP contribution >= 0.6 is 0 Å². The van der Waals surface area contributed by atoms with Crippen molar-refractivity contribution >= 4 is 11.6 Å². The highest BCUT2D eigenvalue weighted by atomic mass is 16.3. The number of pyridine rings is 1. The first-order valence-electron chi connectivity index (χ1n) is 6.04. The van der Waals surface area contributed by atoms with Crippen LogP contribution in [0.5, 0.6) is 0 Å². The van der Waals surface area contributed by atoms with Gasteiger partial charge in [-0.15, -0.1) is 0 Å². The summed E-state index contributed by atoms with van der Waals surface area (Å²) in [4.78, 5) is 16.6. The number of aryl methyl sites for hydroxylation is 2. The van der Waals surface area contributed by atoms with Crippen LogP contribution < -0.4 is 5.32 Å². The lowest BCUT2D eigenvalue weighted by Gasteiger charge is -2.05. The molecule has 2 aromatic heterocycles. The van der Waals surface area contributed by atoms with Crippen molar-refractivity contribution in [3.05, 3.63) is 35.3 Å². The maximum absolute atomic E-state index is 12.1. The molecule has 0 aliphatic heterocycles. The number of aromatic nitrogens is 2. The SMILES string of the molecule is CCc1nc2c(C)cccn2c1C(=O)NCCO. The predicted octanol–water partition coefficient (Wildman–Crippen LogP) is 0.927. The second-order valence-corrected chi connectivity index (χ2v) is 4.12. The van der Waals surface area contributed by atoms with Gasteiger partial charge in [-0.05, 0) is 25.0 Å². The average molecular weight is 247 g/mol. The van der Waals surface area contributed by atoms with Crippen molar-refractivity contribution in [2.24, 2.45) is 0 Å². The van der Waals surface area contributed by atoms with Crippen LogP contribution in [-0.2, 0) is 6.42 Å². The number of aliphatic hydroxyl groups is 1. The van der Waals surface area contributed by atoms with E-state index in [2.05, 4.69) is 10.3 Å². The first kappa shape index (κ1) is 12.6. The van der Waals surface area contributed by atoms with Gasteiger partial charge in [0.1, 0.15) is 11.3 Å². The van der Waals surface area contributed by atoms with Crippen molar-refractivity contribution in [3.63, 3.8) is 0 Å². The topological polar surface area (TPSA) is 66.6 Å². The highest BCUT2D eigenvalue weighted by molar-refractivity contribution is 5.94. The van der Waals surface area contributed by atoms with Crippen molar-refractivity contribution in [2.45, 2.75) is 20.3 Å². The molecule has 2 rings (SSSR count). The molecule has 5 heteroatoms. The third-order valence-corrected chi connectivity index (χ3v) is 2.86. The van der Waals surface area contributed by atoms with Gasteiger partial charge in [0.15, 0.2) is 0 Å². The molecule has 2 N–H and O–H groups in total. The Morgan fingerprint density at radius 1 is 1.56 bits per heavy atom. The normalized spacial score (nSPS) is 10.8. The van der Waals surface area contributed by atoms with Crippen LogP contribution in [-0.4, -0.2) is 33.6 Å². The third kappa shape index (κ3) is 2.09. The first-order chi connectivity index (χ1) is 8.69. The summed E-state index contributed by atoms with van der Waals surface area (Å²) in [5.74, 6) is -0.195. The fraction of sp³-hybridized carbons (Fsp3) is 0.385. The quantitative estimate of drug-likeness (QED) is 0.844. The molecule has 0 atom stereocenters. The minimum absolute atomic E-state index is 0.0665. The first-order valence-corrected chi connectivity index (χ1v) is 6.04. The van der Waals surface area contributed by atoms with Crippen LogP contribution in [0.15, 0.2) is 18.3 Å². The summed E-state index contributed by atoms with van der Waals surface area (Å²) in [5, 5.41) is 11.4.